The van der Waals surface area contributed by atoms with E-state index in [0.29, 0.717) is 5.56 Å². The van der Waals surface area contributed by atoms with Gasteiger partial charge in [0.05, 0.1) is 5.69 Å². The minimum Gasteiger partial charge on any atom is -0.449 e. The first-order chi connectivity index (χ1) is 11.5. The summed E-state index contributed by atoms with van der Waals surface area (Å²) in [4.78, 5) is 23.6. The van der Waals surface area contributed by atoms with Crippen LogP contribution >= 0.6 is 0 Å². The zero-order valence-corrected chi connectivity index (χ0v) is 12.8. The molecule has 0 aliphatic heterocycles. The molecular weight excluding hydrogens is 316 g/mol. The number of ether oxygens (including phenoxy) is 1. The summed E-state index contributed by atoms with van der Waals surface area (Å²) < 4.78 is 31.2. The fourth-order valence-corrected chi connectivity index (χ4v) is 1.80. The summed E-state index contributed by atoms with van der Waals surface area (Å²) in [7, 11) is 0. The SMILES string of the molecule is C[C@@H](OC(=O)/C=C/c1ccc(F)cc1)C(=O)Nc1ccccc1F. The van der Waals surface area contributed by atoms with Gasteiger partial charge in [0.2, 0.25) is 0 Å². The minimum atomic E-state index is -1.10. The molecule has 1 atom stereocenters. The van der Waals surface area contributed by atoms with Crippen molar-refractivity contribution in [3.8, 4) is 0 Å². The number of rotatable bonds is 5. The highest BCUT2D eigenvalue weighted by molar-refractivity contribution is 5.96. The Bertz CT molecular complexity index is 757. The fraction of sp³-hybridized carbons (Fsp3) is 0.111. The summed E-state index contributed by atoms with van der Waals surface area (Å²) in [6, 6.07) is 11.2. The third kappa shape index (κ3) is 5.01. The molecule has 0 radical (unpaired) electrons. The first-order valence-electron chi connectivity index (χ1n) is 7.15. The standard InChI is InChI=1S/C18H15F2NO3/c1-12(18(23)21-16-5-3-2-4-15(16)20)24-17(22)11-8-13-6-9-14(19)10-7-13/h2-12H,1H3,(H,21,23)/b11-8+/t12-/m1/s1. The molecule has 0 unspecified atom stereocenters. The molecule has 0 saturated carbocycles. The highest BCUT2D eigenvalue weighted by atomic mass is 19.1. The van der Waals surface area contributed by atoms with Crippen molar-refractivity contribution in [2.45, 2.75) is 13.0 Å². The van der Waals surface area contributed by atoms with E-state index in [-0.39, 0.29) is 11.5 Å². The van der Waals surface area contributed by atoms with Crippen LogP contribution in [0.5, 0.6) is 0 Å². The molecule has 2 aromatic rings. The van der Waals surface area contributed by atoms with E-state index in [1.807, 2.05) is 0 Å². The molecule has 0 heterocycles. The zero-order chi connectivity index (χ0) is 17.5. The second kappa shape index (κ2) is 8.01. The van der Waals surface area contributed by atoms with Crippen LogP contribution in [0.4, 0.5) is 14.5 Å². The van der Waals surface area contributed by atoms with Crippen LogP contribution in [-0.2, 0) is 14.3 Å². The summed E-state index contributed by atoms with van der Waals surface area (Å²) in [5, 5.41) is 2.34. The van der Waals surface area contributed by atoms with Gasteiger partial charge < -0.3 is 10.1 Å². The Balaban J connectivity index is 1.90. The van der Waals surface area contributed by atoms with Crippen LogP contribution in [0, 0.1) is 11.6 Å². The zero-order valence-electron chi connectivity index (χ0n) is 12.8. The van der Waals surface area contributed by atoms with Crippen LogP contribution in [0.2, 0.25) is 0 Å². The Morgan fingerprint density at radius 2 is 1.75 bits per heavy atom. The van der Waals surface area contributed by atoms with Gasteiger partial charge in [0, 0.05) is 6.08 Å². The number of carbonyl (C=O) groups is 2. The van der Waals surface area contributed by atoms with Crippen LogP contribution in [0.25, 0.3) is 6.08 Å². The van der Waals surface area contributed by atoms with Gasteiger partial charge in [0.15, 0.2) is 6.10 Å². The van der Waals surface area contributed by atoms with Crippen molar-refractivity contribution in [2.75, 3.05) is 5.32 Å². The Hall–Kier alpha value is -3.02. The van der Waals surface area contributed by atoms with Crippen LogP contribution in [0.3, 0.4) is 0 Å². The van der Waals surface area contributed by atoms with E-state index in [1.165, 1.54) is 55.5 Å². The smallest absolute Gasteiger partial charge is 0.331 e. The van der Waals surface area contributed by atoms with Crippen molar-refractivity contribution in [3.63, 3.8) is 0 Å². The lowest BCUT2D eigenvalue weighted by molar-refractivity contribution is -0.148. The second-order valence-corrected chi connectivity index (χ2v) is 4.93. The van der Waals surface area contributed by atoms with Crippen molar-refractivity contribution in [1.29, 1.82) is 0 Å². The van der Waals surface area contributed by atoms with Gasteiger partial charge >= 0.3 is 5.97 Å². The van der Waals surface area contributed by atoms with E-state index in [4.69, 9.17) is 4.74 Å². The summed E-state index contributed by atoms with van der Waals surface area (Å²) in [6.45, 7) is 1.37. The van der Waals surface area contributed by atoms with E-state index in [2.05, 4.69) is 5.32 Å². The molecule has 6 heteroatoms. The third-order valence-corrected chi connectivity index (χ3v) is 3.08. The quantitative estimate of drug-likeness (QED) is 0.673. The molecule has 4 nitrogen and oxygen atoms in total. The van der Waals surface area contributed by atoms with Gasteiger partial charge in [-0.1, -0.05) is 24.3 Å². The number of halogens is 2. The lowest BCUT2D eigenvalue weighted by atomic mass is 10.2. The number of nitrogens with one attached hydrogen (secondary N) is 1. The monoisotopic (exact) mass is 331 g/mol. The van der Waals surface area contributed by atoms with E-state index in [1.54, 1.807) is 6.07 Å². The van der Waals surface area contributed by atoms with Crippen LogP contribution < -0.4 is 5.32 Å². The maximum Gasteiger partial charge on any atom is 0.331 e. The molecule has 24 heavy (non-hydrogen) atoms. The summed E-state index contributed by atoms with van der Waals surface area (Å²) in [5.41, 5.74) is 0.615. The highest BCUT2D eigenvalue weighted by Gasteiger charge is 2.17. The molecule has 2 aromatic carbocycles. The second-order valence-electron chi connectivity index (χ2n) is 4.93. The first-order valence-corrected chi connectivity index (χ1v) is 7.15. The van der Waals surface area contributed by atoms with Gasteiger partial charge in [-0.15, -0.1) is 0 Å². The highest BCUT2D eigenvalue weighted by Crippen LogP contribution is 2.13. The average Bonchev–Trinajstić information content (AvgIpc) is 2.56. The molecular formula is C18H15F2NO3. The largest absolute Gasteiger partial charge is 0.449 e. The molecule has 1 amide bonds. The molecule has 0 aliphatic carbocycles. The number of esters is 1. The maximum absolute atomic E-state index is 13.5. The van der Waals surface area contributed by atoms with E-state index >= 15 is 0 Å². The minimum absolute atomic E-state index is 0.00672. The Morgan fingerprint density at radius 3 is 2.42 bits per heavy atom. The Morgan fingerprint density at radius 1 is 1.08 bits per heavy atom. The van der Waals surface area contributed by atoms with Gasteiger partial charge in [0.25, 0.3) is 5.91 Å². The lowest BCUT2D eigenvalue weighted by Gasteiger charge is -2.12. The number of carbonyl (C=O) groups excluding carboxylic acids is 2. The van der Waals surface area contributed by atoms with Crippen LogP contribution in [0.1, 0.15) is 12.5 Å². The number of hydrogen-bond acceptors (Lipinski definition) is 3. The van der Waals surface area contributed by atoms with E-state index in [9.17, 15) is 18.4 Å². The number of anilines is 1. The summed E-state index contributed by atoms with van der Waals surface area (Å²) in [6.07, 6.45) is 1.46. The van der Waals surface area contributed by atoms with Crippen LogP contribution in [0.15, 0.2) is 54.6 Å². The van der Waals surface area contributed by atoms with Crippen molar-refractivity contribution in [3.05, 3.63) is 71.8 Å². The Kier molecular flexibility index (Phi) is 5.78. The van der Waals surface area contributed by atoms with Gasteiger partial charge in [-0.3, -0.25) is 4.79 Å². The molecule has 0 bridgehead atoms. The van der Waals surface area contributed by atoms with Crippen molar-refractivity contribution in [1.82, 2.24) is 0 Å². The summed E-state index contributed by atoms with van der Waals surface area (Å²) in [5.74, 6) is -2.35. The van der Waals surface area contributed by atoms with E-state index < -0.39 is 23.8 Å². The van der Waals surface area contributed by atoms with Gasteiger partial charge in [-0.25, -0.2) is 13.6 Å². The summed E-state index contributed by atoms with van der Waals surface area (Å²) >= 11 is 0. The van der Waals surface area contributed by atoms with Crippen LogP contribution in [-0.4, -0.2) is 18.0 Å². The topological polar surface area (TPSA) is 55.4 Å². The molecule has 0 fully saturated rings. The number of para-hydroxylation sites is 1. The van der Waals surface area contributed by atoms with Gasteiger partial charge in [-0.2, -0.15) is 0 Å². The Labute approximate surface area is 137 Å². The third-order valence-electron chi connectivity index (χ3n) is 3.08. The molecule has 0 spiro atoms. The van der Waals surface area contributed by atoms with Crippen molar-refractivity contribution < 1.29 is 23.1 Å². The molecule has 0 aliphatic rings. The fourth-order valence-electron chi connectivity index (χ4n) is 1.80. The van der Waals surface area contributed by atoms with Gasteiger partial charge in [0.1, 0.15) is 11.6 Å². The number of hydrogen-bond donors (Lipinski definition) is 1. The number of benzene rings is 2. The maximum atomic E-state index is 13.5. The first kappa shape index (κ1) is 17.3. The average molecular weight is 331 g/mol. The van der Waals surface area contributed by atoms with Crippen molar-refractivity contribution in [2.24, 2.45) is 0 Å². The molecule has 1 N–H and O–H groups in total. The predicted octanol–water partition coefficient (Wildman–Crippen LogP) is 3.55. The molecule has 124 valence electrons. The predicted molar refractivity (Wildman–Crippen MR) is 86.0 cm³/mol. The lowest BCUT2D eigenvalue weighted by Crippen LogP contribution is -2.29. The number of amides is 1. The van der Waals surface area contributed by atoms with E-state index in [0.717, 1.165) is 6.08 Å². The normalized spacial score (nSPS) is 12.0. The molecule has 0 aromatic heterocycles. The van der Waals surface area contributed by atoms with Crippen molar-refractivity contribution >= 4 is 23.6 Å². The molecule has 2 rings (SSSR count). The van der Waals surface area contributed by atoms with Gasteiger partial charge in [-0.05, 0) is 42.8 Å². The molecule has 0 saturated heterocycles.